The van der Waals surface area contributed by atoms with E-state index in [4.69, 9.17) is 4.74 Å². The lowest BCUT2D eigenvalue weighted by Crippen LogP contribution is -2.21. The van der Waals surface area contributed by atoms with Crippen LogP contribution < -0.4 is 0 Å². The minimum atomic E-state index is -0.637. The average Bonchev–Trinajstić information content (AvgIpc) is 3.10. The Morgan fingerprint density at radius 3 is 2.69 bits per heavy atom. The van der Waals surface area contributed by atoms with E-state index in [2.05, 4.69) is 5.18 Å². The molecular weight excluding hydrogens is 210 g/mol. The summed E-state index contributed by atoms with van der Waals surface area (Å²) in [5, 5.41) is 12.0. The molecule has 1 fully saturated rings. The average molecular weight is 221 g/mol. The van der Waals surface area contributed by atoms with Crippen molar-refractivity contribution in [2.24, 2.45) is 5.18 Å². The summed E-state index contributed by atoms with van der Waals surface area (Å²) < 4.78 is 4.73. The van der Waals surface area contributed by atoms with Gasteiger partial charge < -0.3 is 9.84 Å². The topological polar surface area (TPSA) is 76.0 Å². The van der Waals surface area contributed by atoms with Gasteiger partial charge in [0.1, 0.15) is 11.4 Å². The third-order valence-electron chi connectivity index (χ3n) is 2.95. The number of esters is 1. The molecular formula is C11H11NO4. The number of phenolic OH excluding ortho intramolecular Hbond substituents is 1. The first kappa shape index (κ1) is 10.6. The molecule has 1 saturated carbocycles. The first-order valence-corrected chi connectivity index (χ1v) is 4.89. The van der Waals surface area contributed by atoms with E-state index in [1.165, 1.54) is 19.2 Å². The molecule has 0 heterocycles. The van der Waals surface area contributed by atoms with Crippen LogP contribution in [-0.2, 0) is 14.9 Å². The Balaban J connectivity index is 2.42. The fraction of sp³-hybridized carbons (Fsp3) is 0.364. The van der Waals surface area contributed by atoms with E-state index in [1.54, 1.807) is 6.07 Å². The normalized spacial score (nSPS) is 16.6. The molecule has 1 aromatic carbocycles. The number of benzene rings is 1. The third-order valence-corrected chi connectivity index (χ3v) is 2.95. The number of aromatic hydroxyl groups is 1. The SMILES string of the molecule is COC(=O)C1(c2ccc(O)c(N=O)c2)CC1. The quantitative estimate of drug-likeness (QED) is 0.625. The van der Waals surface area contributed by atoms with Crippen LogP contribution in [0.15, 0.2) is 23.4 Å². The van der Waals surface area contributed by atoms with E-state index >= 15 is 0 Å². The van der Waals surface area contributed by atoms with E-state index in [0.29, 0.717) is 18.4 Å². The summed E-state index contributed by atoms with van der Waals surface area (Å²) in [5.74, 6) is -0.491. The van der Waals surface area contributed by atoms with Crippen LogP contribution in [0.4, 0.5) is 5.69 Å². The largest absolute Gasteiger partial charge is 0.506 e. The van der Waals surface area contributed by atoms with E-state index in [-0.39, 0.29) is 17.4 Å². The van der Waals surface area contributed by atoms with E-state index in [1.807, 2.05) is 0 Å². The van der Waals surface area contributed by atoms with Crippen LogP contribution in [-0.4, -0.2) is 18.2 Å². The van der Waals surface area contributed by atoms with Crippen LogP contribution in [0.5, 0.6) is 5.75 Å². The summed E-state index contributed by atoms with van der Waals surface area (Å²) >= 11 is 0. The zero-order valence-corrected chi connectivity index (χ0v) is 8.77. The summed E-state index contributed by atoms with van der Waals surface area (Å²) in [4.78, 5) is 22.0. The molecule has 0 saturated heterocycles. The van der Waals surface area contributed by atoms with Gasteiger partial charge in [0, 0.05) is 0 Å². The fourth-order valence-electron chi connectivity index (χ4n) is 1.83. The Kier molecular flexibility index (Phi) is 2.38. The first-order valence-electron chi connectivity index (χ1n) is 4.89. The van der Waals surface area contributed by atoms with Crippen molar-refractivity contribution in [1.29, 1.82) is 0 Å². The van der Waals surface area contributed by atoms with Gasteiger partial charge in [0.05, 0.1) is 12.5 Å². The van der Waals surface area contributed by atoms with Crippen LogP contribution in [0.2, 0.25) is 0 Å². The van der Waals surface area contributed by atoms with Crippen LogP contribution in [0, 0.1) is 4.91 Å². The molecule has 0 aromatic heterocycles. The number of rotatable bonds is 3. The third kappa shape index (κ3) is 1.44. The van der Waals surface area contributed by atoms with Gasteiger partial charge in [0.15, 0.2) is 0 Å². The molecule has 84 valence electrons. The number of nitrogens with zero attached hydrogens (tertiary/aromatic N) is 1. The molecule has 1 aliphatic carbocycles. The molecule has 1 aromatic rings. The highest BCUT2D eigenvalue weighted by atomic mass is 16.5. The van der Waals surface area contributed by atoms with E-state index < -0.39 is 5.41 Å². The number of hydrogen-bond donors (Lipinski definition) is 1. The zero-order chi connectivity index (χ0) is 11.8. The van der Waals surface area contributed by atoms with Gasteiger partial charge >= 0.3 is 5.97 Å². The van der Waals surface area contributed by atoms with Crippen molar-refractivity contribution < 1.29 is 14.6 Å². The maximum atomic E-state index is 11.6. The molecule has 0 unspecified atom stereocenters. The molecule has 0 radical (unpaired) electrons. The van der Waals surface area contributed by atoms with Crippen LogP contribution in [0.1, 0.15) is 18.4 Å². The summed E-state index contributed by atoms with van der Waals surface area (Å²) in [6.45, 7) is 0. The van der Waals surface area contributed by atoms with Crippen molar-refractivity contribution in [3.05, 3.63) is 28.7 Å². The minimum Gasteiger partial charge on any atom is -0.506 e. The fourth-order valence-corrected chi connectivity index (χ4v) is 1.83. The number of hydrogen-bond acceptors (Lipinski definition) is 5. The maximum Gasteiger partial charge on any atom is 0.316 e. The monoisotopic (exact) mass is 221 g/mol. The minimum absolute atomic E-state index is 0.0484. The molecule has 0 atom stereocenters. The number of carbonyl (C=O) groups is 1. The zero-order valence-electron chi connectivity index (χ0n) is 8.77. The predicted molar refractivity (Wildman–Crippen MR) is 56.5 cm³/mol. The molecule has 0 spiro atoms. The van der Waals surface area contributed by atoms with Crippen LogP contribution >= 0.6 is 0 Å². The number of methoxy groups -OCH3 is 1. The van der Waals surface area contributed by atoms with Crippen LogP contribution in [0.25, 0.3) is 0 Å². The summed E-state index contributed by atoms with van der Waals surface area (Å²) in [6.07, 6.45) is 1.39. The number of carbonyl (C=O) groups excluding carboxylic acids is 1. The van der Waals surface area contributed by atoms with Gasteiger partial charge in [-0.05, 0) is 35.7 Å². The molecule has 0 amide bonds. The van der Waals surface area contributed by atoms with Gasteiger partial charge in [-0.1, -0.05) is 6.07 Å². The highest BCUT2D eigenvalue weighted by molar-refractivity contribution is 5.87. The van der Waals surface area contributed by atoms with E-state index in [9.17, 15) is 14.8 Å². The summed E-state index contributed by atoms with van der Waals surface area (Å²) in [7, 11) is 1.34. The highest BCUT2D eigenvalue weighted by Gasteiger charge is 2.52. The van der Waals surface area contributed by atoms with Gasteiger partial charge in [-0.15, -0.1) is 4.91 Å². The lowest BCUT2D eigenvalue weighted by molar-refractivity contribution is -0.143. The molecule has 1 N–H and O–H groups in total. The Labute approximate surface area is 92.0 Å². The van der Waals surface area contributed by atoms with Gasteiger partial charge in [-0.2, -0.15) is 0 Å². The molecule has 5 nitrogen and oxygen atoms in total. The molecule has 0 bridgehead atoms. The second kappa shape index (κ2) is 3.59. The van der Waals surface area contributed by atoms with Crippen molar-refractivity contribution in [3.8, 4) is 5.75 Å². The highest BCUT2D eigenvalue weighted by Crippen LogP contribution is 2.50. The molecule has 16 heavy (non-hydrogen) atoms. The first-order chi connectivity index (χ1) is 7.64. The van der Waals surface area contributed by atoms with Crippen molar-refractivity contribution in [1.82, 2.24) is 0 Å². The van der Waals surface area contributed by atoms with Gasteiger partial charge in [0.2, 0.25) is 0 Å². The summed E-state index contributed by atoms with van der Waals surface area (Å²) in [5.41, 5.74) is -0.0125. The van der Waals surface area contributed by atoms with Crippen molar-refractivity contribution in [2.45, 2.75) is 18.3 Å². The van der Waals surface area contributed by atoms with E-state index in [0.717, 1.165) is 0 Å². The molecule has 0 aliphatic heterocycles. The lowest BCUT2D eigenvalue weighted by Gasteiger charge is -2.13. The predicted octanol–water partition coefficient (Wildman–Crippen LogP) is 1.99. The lowest BCUT2D eigenvalue weighted by atomic mass is 9.95. The Bertz CT molecular complexity index is 451. The molecule has 1 aliphatic rings. The van der Waals surface area contributed by atoms with Gasteiger partial charge in [-0.3, -0.25) is 4.79 Å². The number of nitroso groups, excluding NO2 is 1. The van der Waals surface area contributed by atoms with Gasteiger partial charge in [-0.25, -0.2) is 0 Å². The second-order valence-electron chi connectivity index (χ2n) is 3.87. The number of ether oxygens (including phenoxy) is 1. The Morgan fingerprint density at radius 2 is 2.19 bits per heavy atom. The molecule has 5 heteroatoms. The van der Waals surface area contributed by atoms with Crippen molar-refractivity contribution in [2.75, 3.05) is 7.11 Å². The smallest absolute Gasteiger partial charge is 0.316 e. The van der Waals surface area contributed by atoms with Crippen LogP contribution in [0.3, 0.4) is 0 Å². The Hall–Kier alpha value is -1.91. The van der Waals surface area contributed by atoms with Gasteiger partial charge in [0.25, 0.3) is 0 Å². The maximum absolute atomic E-state index is 11.6. The number of phenols is 1. The summed E-state index contributed by atoms with van der Waals surface area (Å²) in [6, 6.07) is 4.43. The Morgan fingerprint density at radius 1 is 1.50 bits per heavy atom. The van der Waals surface area contributed by atoms with Crippen molar-refractivity contribution >= 4 is 11.7 Å². The second-order valence-corrected chi connectivity index (χ2v) is 3.87. The molecule has 2 rings (SSSR count). The standard InChI is InChI=1S/C11H11NO4/c1-16-10(14)11(4-5-11)7-2-3-9(13)8(6-7)12-15/h2-3,6,13H,4-5H2,1H3. The van der Waals surface area contributed by atoms with Crippen molar-refractivity contribution in [3.63, 3.8) is 0 Å².